The Balaban J connectivity index is 1.73. The molecule has 0 amide bonds. The van der Waals surface area contributed by atoms with Crippen LogP contribution in [0.2, 0.25) is 0 Å². The molecule has 0 bridgehead atoms. The van der Waals surface area contributed by atoms with Gasteiger partial charge in [0.15, 0.2) is 0 Å². The number of aliphatic hydroxyl groups excluding tert-OH is 1. The van der Waals surface area contributed by atoms with E-state index in [0.29, 0.717) is 13.2 Å². The second kappa shape index (κ2) is 8.19. The van der Waals surface area contributed by atoms with Crippen molar-refractivity contribution in [2.24, 2.45) is 0 Å². The molecule has 2 heterocycles. The predicted molar refractivity (Wildman–Crippen MR) is 83.6 cm³/mol. The van der Waals surface area contributed by atoms with E-state index in [-0.39, 0.29) is 11.6 Å². The predicted octanol–water partition coefficient (Wildman–Crippen LogP) is 1.91. The van der Waals surface area contributed by atoms with E-state index in [0.717, 1.165) is 37.5 Å². The third-order valence-electron chi connectivity index (χ3n) is 4.03. The minimum atomic E-state index is -0.501. The van der Waals surface area contributed by atoms with Crippen LogP contribution >= 0.6 is 11.3 Å². The van der Waals surface area contributed by atoms with Gasteiger partial charge in [0, 0.05) is 31.3 Å². The van der Waals surface area contributed by atoms with Gasteiger partial charge in [-0.1, -0.05) is 6.92 Å². The molecule has 2 rings (SSSR count). The van der Waals surface area contributed by atoms with Crippen molar-refractivity contribution in [1.82, 2.24) is 10.3 Å². The standard InChI is InChI=1S/C15H26N2O3S/c1-3-15(2,14-16-6-9-21-14)17-10-12(18)11-20-13-4-7-19-8-5-13/h6,9,12-13,17-18H,3-5,7-8,10-11H2,1-2H3. The first kappa shape index (κ1) is 16.8. The van der Waals surface area contributed by atoms with Gasteiger partial charge < -0.3 is 19.9 Å². The molecule has 1 aromatic heterocycles. The average molecular weight is 314 g/mol. The molecule has 0 saturated carbocycles. The van der Waals surface area contributed by atoms with Crippen LogP contribution < -0.4 is 5.32 Å². The Kier molecular flexibility index (Phi) is 6.57. The van der Waals surface area contributed by atoms with Gasteiger partial charge in [-0.3, -0.25) is 0 Å². The average Bonchev–Trinajstić information content (AvgIpc) is 3.06. The van der Waals surface area contributed by atoms with E-state index in [1.165, 1.54) is 0 Å². The molecule has 1 saturated heterocycles. The van der Waals surface area contributed by atoms with E-state index in [4.69, 9.17) is 9.47 Å². The summed E-state index contributed by atoms with van der Waals surface area (Å²) in [5.41, 5.74) is -0.187. The van der Waals surface area contributed by atoms with Crippen molar-refractivity contribution < 1.29 is 14.6 Å². The van der Waals surface area contributed by atoms with Crippen molar-refractivity contribution in [3.63, 3.8) is 0 Å². The molecule has 0 aromatic carbocycles. The van der Waals surface area contributed by atoms with Crippen molar-refractivity contribution in [3.05, 3.63) is 16.6 Å². The minimum Gasteiger partial charge on any atom is -0.389 e. The molecular formula is C15H26N2O3S. The van der Waals surface area contributed by atoms with Crippen LogP contribution in [0.3, 0.4) is 0 Å². The van der Waals surface area contributed by atoms with Crippen LogP contribution in [-0.4, -0.2) is 48.7 Å². The Bertz CT molecular complexity index is 396. The van der Waals surface area contributed by atoms with Crippen LogP contribution in [0.4, 0.5) is 0 Å². The van der Waals surface area contributed by atoms with Gasteiger partial charge in [-0.2, -0.15) is 0 Å². The number of thiazole rings is 1. The van der Waals surface area contributed by atoms with Crippen molar-refractivity contribution in [3.8, 4) is 0 Å². The summed E-state index contributed by atoms with van der Waals surface area (Å²) >= 11 is 1.64. The number of hydrogen-bond donors (Lipinski definition) is 2. The fraction of sp³-hybridized carbons (Fsp3) is 0.800. The molecule has 1 aliphatic rings. The van der Waals surface area contributed by atoms with Crippen LogP contribution in [0.25, 0.3) is 0 Å². The summed E-state index contributed by atoms with van der Waals surface area (Å²) < 4.78 is 11.0. The first-order valence-electron chi connectivity index (χ1n) is 7.66. The summed E-state index contributed by atoms with van der Waals surface area (Å²) in [6.45, 7) is 6.65. The summed E-state index contributed by atoms with van der Waals surface area (Å²) in [6, 6.07) is 0. The third-order valence-corrected chi connectivity index (χ3v) is 5.07. The highest BCUT2D eigenvalue weighted by atomic mass is 32.1. The van der Waals surface area contributed by atoms with Gasteiger partial charge >= 0.3 is 0 Å². The summed E-state index contributed by atoms with van der Waals surface area (Å²) in [5, 5.41) is 16.6. The highest BCUT2D eigenvalue weighted by molar-refractivity contribution is 7.09. The maximum atomic E-state index is 10.1. The van der Waals surface area contributed by atoms with Crippen LogP contribution in [0.15, 0.2) is 11.6 Å². The lowest BCUT2D eigenvalue weighted by Crippen LogP contribution is -2.44. The van der Waals surface area contributed by atoms with E-state index < -0.39 is 6.10 Å². The van der Waals surface area contributed by atoms with Gasteiger partial charge in [0.2, 0.25) is 0 Å². The molecule has 1 fully saturated rings. The van der Waals surface area contributed by atoms with Crippen molar-refractivity contribution >= 4 is 11.3 Å². The minimum absolute atomic E-state index is 0.187. The number of rotatable bonds is 8. The molecule has 0 aliphatic carbocycles. The zero-order valence-electron chi connectivity index (χ0n) is 12.9. The second-order valence-corrected chi connectivity index (χ2v) is 6.60. The molecule has 2 N–H and O–H groups in total. The molecule has 120 valence electrons. The van der Waals surface area contributed by atoms with E-state index in [9.17, 15) is 5.11 Å². The van der Waals surface area contributed by atoms with Crippen molar-refractivity contribution in [1.29, 1.82) is 0 Å². The Morgan fingerprint density at radius 1 is 1.57 bits per heavy atom. The second-order valence-electron chi connectivity index (χ2n) is 5.70. The molecule has 6 heteroatoms. The van der Waals surface area contributed by atoms with Crippen LogP contribution in [0.5, 0.6) is 0 Å². The first-order valence-corrected chi connectivity index (χ1v) is 8.54. The molecule has 1 aromatic rings. The van der Waals surface area contributed by atoms with Gasteiger partial charge in [-0.15, -0.1) is 11.3 Å². The lowest BCUT2D eigenvalue weighted by Gasteiger charge is -2.29. The van der Waals surface area contributed by atoms with Crippen molar-refractivity contribution in [2.45, 2.75) is 50.9 Å². The van der Waals surface area contributed by atoms with Crippen molar-refractivity contribution in [2.75, 3.05) is 26.4 Å². The molecule has 2 unspecified atom stereocenters. The number of nitrogens with one attached hydrogen (secondary N) is 1. The van der Waals surface area contributed by atoms with Crippen LogP contribution in [-0.2, 0) is 15.0 Å². The van der Waals surface area contributed by atoms with Gasteiger partial charge in [0.25, 0.3) is 0 Å². The fourth-order valence-corrected chi connectivity index (χ4v) is 3.19. The molecule has 0 spiro atoms. The number of nitrogens with zero attached hydrogens (tertiary/aromatic N) is 1. The molecule has 2 atom stereocenters. The fourth-order valence-electron chi connectivity index (χ4n) is 2.34. The Hall–Kier alpha value is -0.530. The quantitative estimate of drug-likeness (QED) is 0.767. The topological polar surface area (TPSA) is 63.6 Å². The SMILES string of the molecule is CCC(C)(NCC(O)COC1CCOCC1)c1nccs1. The first-order chi connectivity index (χ1) is 10.1. The highest BCUT2D eigenvalue weighted by Crippen LogP contribution is 2.26. The zero-order chi connectivity index (χ0) is 15.1. The van der Waals surface area contributed by atoms with Gasteiger partial charge in [0.05, 0.1) is 24.4 Å². The smallest absolute Gasteiger partial charge is 0.112 e. The van der Waals surface area contributed by atoms with Crippen LogP contribution in [0, 0.1) is 0 Å². The third kappa shape index (κ3) is 5.00. The Morgan fingerprint density at radius 2 is 2.33 bits per heavy atom. The highest BCUT2D eigenvalue weighted by Gasteiger charge is 2.27. The van der Waals surface area contributed by atoms with E-state index in [2.05, 4.69) is 24.1 Å². The van der Waals surface area contributed by atoms with Gasteiger partial charge in [-0.05, 0) is 26.2 Å². The Morgan fingerprint density at radius 3 is 2.95 bits per heavy atom. The zero-order valence-corrected chi connectivity index (χ0v) is 13.7. The monoisotopic (exact) mass is 314 g/mol. The summed E-state index contributed by atoms with van der Waals surface area (Å²) in [4.78, 5) is 4.39. The van der Waals surface area contributed by atoms with Crippen LogP contribution in [0.1, 0.15) is 38.1 Å². The van der Waals surface area contributed by atoms with E-state index >= 15 is 0 Å². The maximum absolute atomic E-state index is 10.1. The number of aromatic nitrogens is 1. The summed E-state index contributed by atoms with van der Waals surface area (Å²) in [6.07, 6.45) is 4.32. The summed E-state index contributed by atoms with van der Waals surface area (Å²) in [5.74, 6) is 0. The number of hydrogen-bond acceptors (Lipinski definition) is 6. The molecule has 0 radical (unpaired) electrons. The van der Waals surface area contributed by atoms with E-state index in [1.54, 1.807) is 11.3 Å². The molecule has 1 aliphatic heterocycles. The molecular weight excluding hydrogens is 288 g/mol. The molecule has 21 heavy (non-hydrogen) atoms. The summed E-state index contributed by atoms with van der Waals surface area (Å²) in [7, 11) is 0. The number of ether oxygens (including phenoxy) is 2. The lowest BCUT2D eigenvalue weighted by atomic mass is 9.99. The number of aliphatic hydroxyl groups is 1. The maximum Gasteiger partial charge on any atom is 0.112 e. The van der Waals surface area contributed by atoms with E-state index in [1.807, 2.05) is 11.6 Å². The van der Waals surface area contributed by atoms with Gasteiger partial charge in [0.1, 0.15) is 5.01 Å². The van der Waals surface area contributed by atoms with Gasteiger partial charge in [-0.25, -0.2) is 4.98 Å². The molecule has 5 nitrogen and oxygen atoms in total. The largest absolute Gasteiger partial charge is 0.389 e. The normalized spacial score (nSPS) is 21.1. The lowest BCUT2D eigenvalue weighted by molar-refractivity contribution is -0.0595. The Labute approximate surface area is 130 Å².